The molecular formula is C13H19NO4. The van der Waals surface area contributed by atoms with E-state index >= 15 is 0 Å². The molecule has 0 spiro atoms. The number of Topliss-reactive ketones (excluding diaryl/α,β-unsaturated/α-hetero) is 1. The molecular weight excluding hydrogens is 234 g/mol. The van der Waals surface area contributed by atoms with Crippen LogP contribution >= 0.6 is 0 Å². The maximum Gasteiger partial charge on any atom is 0.410 e. The van der Waals surface area contributed by atoms with Crippen LogP contribution in [0.25, 0.3) is 0 Å². The number of amides is 1. The molecule has 0 N–H and O–H groups in total. The van der Waals surface area contributed by atoms with Gasteiger partial charge in [-0.15, -0.1) is 0 Å². The first-order chi connectivity index (χ1) is 8.19. The molecule has 0 unspecified atom stereocenters. The number of nitrogens with zero attached hydrogens (tertiary/aromatic N) is 1. The molecule has 100 valence electrons. The Bertz CT molecular complexity index is 442. The van der Waals surface area contributed by atoms with Gasteiger partial charge in [-0.3, -0.25) is 4.79 Å². The highest BCUT2D eigenvalue weighted by Gasteiger charge is 2.21. The van der Waals surface area contributed by atoms with Crippen molar-refractivity contribution in [2.75, 3.05) is 13.6 Å². The van der Waals surface area contributed by atoms with Crippen LogP contribution < -0.4 is 0 Å². The quantitative estimate of drug-likeness (QED) is 0.777. The van der Waals surface area contributed by atoms with Crippen LogP contribution in [0, 0.1) is 6.92 Å². The first-order valence-corrected chi connectivity index (χ1v) is 5.71. The van der Waals surface area contributed by atoms with Gasteiger partial charge in [-0.1, -0.05) is 0 Å². The first kappa shape index (κ1) is 14.3. The molecule has 0 radical (unpaired) electrons. The Morgan fingerprint density at radius 2 is 2.00 bits per heavy atom. The maximum absolute atomic E-state index is 11.8. The summed E-state index contributed by atoms with van der Waals surface area (Å²) < 4.78 is 10.2. The van der Waals surface area contributed by atoms with Gasteiger partial charge in [-0.25, -0.2) is 4.79 Å². The molecule has 1 rings (SSSR count). The summed E-state index contributed by atoms with van der Waals surface area (Å²) in [5.41, 5.74) is -0.108. The minimum Gasteiger partial charge on any atom is -0.469 e. The van der Waals surface area contributed by atoms with Crippen molar-refractivity contribution in [1.82, 2.24) is 4.90 Å². The number of ether oxygens (including phenoxy) is 1. The highest BCUT2D eigenvalue weighted by atomic mass is 16.6. The number of carbonyl (C=O) groups is 2. The molecule has 0 saturated carbocycles. The molecule has 0 aromatic carbocycles. The summed E-state index contributed by atoms with van der Waals surface area (Å²) in [6.45, 7) is 7.06. The first-order valence-electron chi connectivity index (χ1n) is 5.71. The van der Waals surface area contributed by atoms with Gasteiger partial charge in [-0.05, 0) is 33.8 Å². The van der Waals surface area contributed by atoms with Crippen molar-refractivity contribution in [1.29, 1.82) is 0 Å². The number of hydrogen-bond acceptors (Lipinski definition) is 4. The largest absolute Gasteiger partial charge is 0.469 e. The SMILES string of the molecule is Cc1cc(C(=O)CN(C)C(=O)OC(C)(C)C)co1. The topological polar surface area (TPSA) is 59.8 Å². The fourth-order valence-corrected chi connectivity index (χ4v) is 1.30. The zero-order valence-corrected chi connectivity index (χ0v) is 11.4. The summed E-state index contributed by atoms with van der Waals surface area (Å²) in [5.74, 6) is 0.485. The van der Waals surface area contributed by atoms with Gasteiger partial charge >= 0.3 is 6.09 Å². The lowest BCUT2D eigenvalue weighted by atomic mass is 10.2. The Morgan fingerprint density at radius 1 is 1.39 bits per heavy atom. The average molecular weight is 253 g/mol. The Hall–Kier alpha value is -1.78. The van der Waals surface area contributed by atoms with E-state index in [4.69, 9.17) is 9.15 Å². The predicted molar refractivity (Wildman–Crippen MR) is 66.6 cm³/mol. The molecule has 0 saturated heterocycles. The molecule has 5 nitrogen and oxygen atoms in total. The summed E-state index contributed by atoms with van der Waals surface area (Å²) in [5, 5.41) is 0. The monoisotopic (exact) mass is 253 g/mol. The van der Waals surface area contributed by atoms with Gasteiger partial charge in [0.2, 0.25) is 0 Å². The Morgan fingerprint density at radius 3 is 2.44 bits per heavy atom. The highest BCUT2D eigenvalue weighted by Crippen LogP contribution is 2.11. The fraction of sp³-hybridized carbons (Fsp3) is 0.538. The van der Waals surface area contributed by atoms with E-state index in [0.717, 1.165) is 0 Å². The van der Waals surface area contributed by atoms with Crippen LogP contribution in [-0.2, 0) is 4.74 Å². The maximum atomic E-state index is 11.8. The average Bonchev–Trinajstić information content (AvgIpc) is 2.62. The number of furan rings is 1. The second kappa shape index (κ2) is 5.25. The van der Waals surface area contributed by atoms with Crippen molar-refractivity contribution in [3.8, 4) is 0 Å². The molecule has 0 bridgehead atoms. The highest BCUT2D eigenvalue weighted by molar-refractivity contribution is 5.98. The minimum atomic E-state index is -0.569. The standard InChI is InChI=1S/C13H19NO4/c1-9-6-10(8-17-9)11(15)7-14(5)12(16)18-13(2,3)4/h6,8H,7H2,1-5H3. The van der Waals surface area contributed by atoms with Crippen LogP contribution in [-0.4, -0.2) is 36.0 Å². The third-order valence-electron chi connectivity index (χ3n) is 2.14. The van der Waals surface area contributed by atoms with Crippen LogP contribution in [0.15, 0.2) is 16.7 Å². The number of carbonyl (C=O) groups excluding carboxylic acids is 2. The molecule has 0 aliphatic rings. The summed E-state index contributed by atoms with van der Waals surface area (Å²) in [4.78, 5) is 24.7. The predicted octanol–water partition coefficient (Wildman–Crippen LogP) is 2.64. The summed E-state index contributed by atoms with van der Waals surface area (Å²) in [7, 11) is 1.53. The number of likely N-dealkylation sites (N-methyl/N-ethyl adjacent to an activating group) is 1. The molecule has 1 heterocycles. The summed E-state index contributed by atoms with van der Waals surface area (Å²) in [6.07, 6.45) is 0.872. The van der Waals surface area contributed by atoms with Gasteiger partial charge < -0.3 is 14.1 Å². The van der Waals surface area contributed by atoms with E-state index in [0.29, 0.717) is 11.3 Å². The molecule has 5 heteroatoms. The Labute approximate surface area is 107 Å². The second-order valence-electron chi connectivity index (χ2n) is 5.21. The number of hydrogen-bond donors (Lipinski definition) is 0. The van der Waals surface area contributed by atoms with Crippen molar-refractivity contribution in [2.45, 2.75) is 33.3 Å². The Balaban J connectivity index is 2.57. The van der Waals surface area contributed by atoms with E-state index in [1.807, 2.05) is 0 Å². The fourth-order valence-electron chi connectivity index (χ4n) is 1.30. The molecule has 1 aromatic heterocycles. The van der Waals surface area contributed by atoms with E-state index in [1.54, 1.807) is 33.8 Å². The normalized spacial score (nSPS) is 11.2. The van der Waals surface area contributed by atoms with E-state index in [9.17, 15) is 9.59 Å². The third kappa shape index (κ3) is 4.24. The van der Waals surface area contributed by atoms with Crippen molar-refractivity contribution in [3.63, 3.8) is 0 Å². The van der Waals surface area contributed by atoms with Gasteiger partial charge in [0, 0.05) is 7.05 Å². The number of rotatable bonds is 3. The van der Waals surface area contributed by atoms with Gasteiger partial charge in [0.15, 0.2) is 5.78 Å². The number of ketones is 1. The summed E-state index contributed by atoms with van der Waals surface area (Å²) in [6, 6.07) is 1.64. The molecule has 0 aliphatic heterocycles. The van der Waals surface area contributed by atoms with Crippen LogP contribution in [0.4, 0.5) is 4.79 Å². The molecule has 1 amide bonds. The lowest BCUT2D eigenvalue weighted by Gasteiger charge is -2.24. The lowest BCUT2D eigenvalue weighted by Crippen LogP contribution is -2.37. The van der Waals surface area contributed by atoms with Gasteiger partial charge in [0.05, 0.1) is 12.1 Å². The van der Waals surface area contributed by atoms with E-state index in [2.05, 4.69) is 0 Å². The lowest BCUT2D eigenvalue weighted by molar-refractivity contribution is 0.0294. The molecule has 0 fully saturated rings. The van der Waals surface area contributed by atoms with E-state index in [-0.39, 0.29) is 12.3 Å². The van der Waals surface area contributed by atoms with Crippen molar-refractivity contribution in [2.24, 2.45) is 0 Å². The van der Waals surface area contributed by atoms with Crippen LogP contribution in [0.5, 0.6) is 0 Å². The summed E-state index contributed by atoms with van der Waals surface area (Å²) >= 11 is 0. The van der Waals surface area contributed by atoms with E-state index in [1.165, 1.54) is 18.2 Å². The zero-order valence-electron chi connectivity index (χ0n) is 11.4. The van der Waals surface area contributed by atoms with Gasteiger partial charge in [0.25, 0.3) is 0 Å². The smallest absolute Gasteiger partial charge is 0.410 e. The molecule has 0 atom stereocenters. The Kier molecular flexibility index (Phi) is 4.16. The van der Waals surface area contributed by atoms with Gasteiger partial charge in [0.1, 0.15) is 17.6 Å². The van der Waals surface area contributed by atoms with Crippen LogP contribution in [0.2, 0.25) is 0 Å². The molecule has 1 aromatic rings. The van der Waals surface area contributed by atoms with Crippen molar-refractivity contribution in [3.05, 3.63) is 23.7 Å². The van der Waals surface area contributed by atoms with Crippen LogP contribution in [0.1, 0.15) is 36.9 Å². The van der Waals surface area contributed by atoms with Crippen LogP contribution in [0.3, 0.4) is 0 Å². The van der Waals surface area contributed by atoms with Gasteiger partial charge in [-0.2, -0.15) is 0 Å². The molecule has 18 heavy (non-hydrogen) atoms. The third-order valence-corrected chi connectivity index (χ3v) is 2.14. The van der Waals surface area contributed by atoms with E-state index < -0.39 is 11.7 Å². The zero-order chi connectivity index (χ0) is 13.9. The number of aryl methyl sites for hydroxylation is 1. The molecule has 0 aliphatic carbocycles. The van der Waals surface area contributed by atoms with Crippen molar-refractivity contribution >= 4 is 11.9 Å². The minimum absolute atomic E-state index is 0.0338. The second-order valence-corrected chi connectivity index (χ2v) is 5.21. The van der Waals surface area contributed by atoms with Crippen molar-refractivity contribution < 1.29 is 18.7 Å².